The fourth-order valence-electron chi connectivity index (χ4n) is 0.426. The second kappa shape index (κ2) is 6.79. The highest BCUT2D eigenvalue weighted by molar-refractivity contribution is 5.49. The molecule has 0 radical (unpaired) electrons. The summed E-state index contributed by atoms with van der Waals surface area (Å²) >= 11 is 0. The zero-order valence-electron chi connectivity index (χ0n) is 8.82. The van der Waals surface area contributed by atoms with E-state index >= 15 is 0 Å². The Kier molecular flexibility index (Phi) is 6.56. The lowest BCUT2D eigenvalue weighted by Gasteiger charge is -2.14. The Morgan fingerprint density at radius 3 is 1.90 bits per heavy atom. The Morgan fingerprint density at radius 2 is 1.80 bits per heavy atom. The minimum Gasteiger partial charge on any atom is -0.303 e. The van der Waals surface area contributed by atoms with E-state index < -0.39 is 6.26 Å². The Balaban J connectivity index is 0. The van der Waals surface area contributed by atoms with Gasteiger partial charge in [0, 0.05) is 6.42 Å². The first kappa shape index (κ1) is 9.67. The molecule has 0 aliphatic heterocycles. The second-order valence-electron chi connectivity index (χ2n) is 3.20. The number of carbonyl (C=O) groups excluding carboxylic acids is 1. The maximum Gasteiger partial charge on any atom is 0.120 e. The van der Waals surface area contributed by atoms with Crippen molar-refractivity contribution in [2.45, 2.75) is 47.5 Å². The lowest BCUT2D eigenvalue weighted by molar-refractivity contribution is -0.108. The number of carbonyl (C=O) groups is 1. The molecule has 1 heteroatoms. The van der Waals surface area contributed by atoms with Crippen molar-refractivity contribution in [1.29, 1.82) is 0 Å². The first-order valence-corrected chi connectivity index (χ1v) is 3.91. The first-order chi connectivity index (χ1) is 4.92. The molecule has 0 heterocycles. The molecule has 0 aromatic rings. The quantitative estimate of drug-likeness (QED) is 0.546. The van der Waals surface area contributed by atoms with Crippen LogP contribution in [0.25, 0.3) is 0 Å². The molecule has 0 atom stereocenters. The van der Waals surface area contributed by atoms with Gasteiger partial charge in [-0.1, -0.05) is 34.6 Å². The molecule has 0 aromatic carbocycles. The zero-order valence-corrected chi connectivity index (χ0v) is 7.82. The first-order valence-electron chi connectivity index (χ1n) is 4.41. The smallest absolute Gasteiger partial charge is 0.120 e. The molecule has 0 fully saturated rings. The Labute approximate surface area is 66.2 Å². The standard InChI is InChI=1S/C7H14O.C2H6/c1-7(2,3)5-4-6-8;1-2/h6H,4-5H2,1-3H3;1-2H3/i6D;. The third kappa shape index (κ3) is 15.6. The highest BCUT2D eigenvalue weighted by atomic mass is 16.1. The lowest BCUT2D eigenvalue weighted by atomic mass is 9.91. The minimum absolute atomic E-state index is 0.191. The molecule has 0 bridgehead atoms. The van der Waals surface area contributed by atoms with E-state index in [0.29, 0.717) is 6.42 Å². The van der Waals surface area contributed by atoms with Crippen molar-refractivity contribution in [2.24, 2.45) is 5.41 Å². The summed E-state index contributed by atoms with van der Waals surface area (Å²) in [5.74, 6) is 0. The molecule has 0 N–H and O–H groups in total. The molecule has 0 saturated carbocycles. The zero-order chi connectivity index (χ0) is 9.49. The Morgan fingerprint density at radius 1 is 1.40 bits per heavy atom. The van der Waals surface area contributed by atoms with Gasteiger partial charge >= 0.3 is 0 Å². The molecule has 62 valence electrons. The third-order valence-electron chi connectivity index (χ3n) is 0.977. The molecule has 0 amide bonds. The summed E-state index contributed by atoms with van der Waals surface area (Å²) in [5.41, 5.74) is 0.191. The maximum absolute atomic E-state index is 10.2. The van der Waals surface area contributed by atoms with Crippen LogP contribution in [0.15, 0.2) is 0 Å². The van der Waals surface area contributed by atoms with Crippen LogP contribution in [0.2, 0.25) is 0 Å². The fraction of sp³-hybridized carbons (Fsp3) is 0.889. The summed E-state index contributed by atoms with van der Waals surface area (Å²) in [7, 11) is 0. The molecule has 0 aliphatic rings. The van der Waals surface area contributed by atoms with Gasteiger partial charge in [0.15, 0.2) is 0 Å². The normalized spacial score (nSPS) is 11.1. The van der Waals surface area contributed by atoms with Gasteiger partial charge in [0.25, 0.3) is 0 Å². The van der Waals surface area contributed by atoms with Gasteiger partial charge in [0.05, 0.1) is 0 Å². The molecule has 0 rings (SSSR count). The summed E-state index contributed by atoms with van der Waals surface area (Å²) in [6.07, 6.45) is 0.753. The van der Waals surface area contributed by atoms with Gasteiger partial charge in [-0.05, 0) is 11.8 Å². The monoisotopic (exact) mass is 145 g/mol. The maximum atomic E-state index is 10.2. The van der Waals surface area contributed by atoms with E-state index in [1.54, 1.807) is 0 Å². The van der Waals surface area contributed by atoms with Gasteiger partial charge < -0.3 is 4.79 Å². The van der Waals surface area contributed by atoms with Crippen LogP contribution in [-0.2, 0) is 4.79 Å². The highest BCUT2D eigenvalue weighted by Gasteiger charge is 2.07. The topological polar surface area (TPSA) is 17.1 Å². The number of hydrogen-bond acceptors (Lipinski definition) is 1. The van der Waals surface area contributed by atoms with Crippen LogP contribution in [0.5, 0.6) is 0 Å². The van der Waals surface area contributed by atoms with Crippen molar-refractivity contribution in [3.63, 3.8) is 0 Å². The van der Waals surface area contributed by atoms with E-state index in [9.17, 15) is 4.79 Å². The van der Waals surface area contributed by atoms with Crippen molar-refractivity contribution < 1.29 is 6.17 Å². The van der Waals surface area contributed by atoms with Crippen LogP contribution >= 0.6 is 0 Å². The SMILES string of the molecule is CC.[2H]C(=O)CCC(C)(C)C. The van der Waals surface area contributed by atoms with Gasteiger partial charge in [0.2, 0.25) is 0 Å². The third-order valence-corrected chi connectivity index (χ3v) is 0.977. The van der Waals surface area contributed by atoms with Gasteiger partial charge in [-0.25, -0.2) is 0 Å². The van der Waals surface area contributed by atoms with Crippen molar-refractivity contribution in [1.82, 2.24) is 0 Å². The summed E-state index contributed by atoms with van der Waals surface area (Å²) in [6.45, 7) is 10.2. The van der Waals surface area contributed by atoms with E-state index in [1.807, 2.05) is 13.8 Å². The molecule has 0 aromatic heterocycles. The number of aldehydes is 1. The predicted molar refractivity (Wildman–Crippen MR) is 46.1 cm³/mol. The highest BCUT2D eigenvalue weighted by Crippen LogP contribution is 2.18. The van der Waals surface area contributed by atoms with Crippen molar-refractivity contribution >= 4 is 6.26 Å². The predicted octanol–water partition coefficient (Wildman–Crippen LogP) is 3.04. The van der Waals surface area contributed by atoms with Crippen LogP contribution in [0.3, 0.4) is 0 Å². The Hall–Kier alpha value is -0.330. The van der Waals surface area contributed by atoms with E-state index in [-0.39, 0.29) is 5.41 Å². The lowest BCUT2D eigenvalue weighted by Crippen LogP contribution is -2.03. The number of rotatable bonds is 2. The van der Waals surface area contributed by atoms with Crippen molar-refractivity contribution in [3.8, 4) is 0 Å². The van der Waals surface area contributed by atoms with Crippen LogP contribution in [0.4, 0.5) is 0 Å². The van der Waals surface area contributed by atoms with Gasteiger partial charge in [0.1, 0.15) is 7.63 Å². The average Bonchev–Trinajstić information content (AvgIpc) is 1.87. The summed E-state index contributed by atoms with van der Waals surface area (Å²) < 4.78 is 6.62. The average molecular weight is 145 g/mol. The molecule has 1 nitrogen and oxygen atoms in total. The summed E-state index contributed by atoms with van der Waals surface area (Å²) in [4.78, 5) is 10.2. The van der Waals surface area contributed by atoms with Crippen molar-refractivity contribution in [3.05, 3.63) is 0 Å². The van der Waals surface area contributed by atoms with Crippen LogP contribution in [0, 0.1) is 5.41 Å². The van der Waals surface area contributed by atoms with Crippen LogP contribution in [-0.4, -0.2) is 6.26 Å². The van der Waals surface area contributed by atoms with E-state index in [2.05, 4.69) is 20.8 Å². The van der Waals surface area contributed by atoms with Crippen LogP contribution < -0.4 is 0 Å². The van der Waals surface area contributed by atoms with Crippen molar-refractivity contribution in [2.75, 3.05) is 0 Å². The second-order valence-corrected chi connectivity index (χ2v) is 3.20. The molecule has 0 unspecified atom stereocenters. The van der Waals surface area contributed by atoms with E-state index in [4.69, 9.17) is 1.37 Å². The summed E-state index contributed by atoms with van der Waals surface area (Å²) in [6, 6.07) is 0. The molecule has 0 aliphatic carbocycles. The molecule has 0 saturated heterocycles. The van der Waals surface area contributed by atoms with Gasteiger partial charge in [-0.15, -0.1) is 0 Å². The van der Waals surface area contributed by atoms with Crippen LogP contribution in [0.1, 0.15) is 48.8 Å². The summed E-state index contributed by atoms with van der Waals surface area (Å²) in [5, 5.41) is 0. The molecular formula is C9H20O. The minimum atomic E-state index is -0.454. The fourth-order valence-corrected chi connectivity index (χ4v) is 0.426. The number of hydrogen-bond donors (Lipinski definition) is 0. The van der Waals surface area contributed by atoms with E-state index in [1.165, 1.54) is 0 Å². The van der Waals surface area contributed by atoms with Gasteiger partial charge in [-0.3, -0.25) is 0 Å². The Bertz CT molecular complexity index is 103. The molecule has 10 heavy (non-hydrogen) atoms. The largest absolute Gasteiger partial charge is 0.303 e. The van der Waals surface area contributed by atoms with Gasteiger partial charge in [-0.2, -0.15) is 0 Å². The molecule has 0 spiro atoms. The molecular weight excluding hydrogens is 124 g/mol. The van der Waals surface area contributed by atoms with E-state index in [0.717, 1.165) is 6.42 Å².